The fourth-order valence-electron chi connectivity index (χ4n) is 2.94. The molecule has 0 amide bonds. The van der Waals surface area contributed by atoms with Gasteiger partial charge in [-0.2, -0.15) is 4.31 Å². The third-order valence-electron chi connectivity index (χ3n) is 3.91. The number of sulfonamides is 1. The van der Waals surface area contributed by atoms with Gasteiger partial charge in [-0.15, -0.1) is 0 Å². The summed E-state index contributed by atoms with van der Waals surface area (Å²) in [5.41, 5.74) is 6.19. The number of nitrogen functional groups attached to an aromatic ring is 1. The van der Waals surface area contributed by atoms with E-state index in [1.807, 2.05) is 13.8 Å². The predicted octanol–water partition coefficient (Wildman–Crippen LogP) is 2.67. The number of hydrogen-bond donors (Lipinski definition) is 1. The molecule has 1 aromatic rings. The molecule has 2 rings (SSSR count). The third kappa shape index (κ3) is 2.54. The van der Waals surface area contributed by atoms with Gasteiger partial charge in [-0.25, -0.2) is 12.8 Å². The smallest absolute Gasteiger partial charge is 0.246 e. The Labute approximate surface area is 119 Å². The maximum absolute atomic E-state index is 14.2. The van der Waals surface area contributed by atoms with Crippen molar-refractivity contribution in [1.29, 1.82) is 0 Å². The van der Waals surface area contributed by atoms with Gasteiger partial charge in [-0.1, -0.05) is 6.42 Å². The fourth-order valence-corrected chi connectivity index (χ4v) is 4.99. The summed E-state index contributed by atoms with van der Waals surface area (Å²) in [5, 5.41) is 0. The molecule has 1 aliphatic rings. The molecule has 1 fully saturated rings. The molecule has 0 aromatic heterocycles. The molecule has 0 bridgehead atoms. The Bertz CT molecular complexity index is 606. The second kappa shape index (κ2) is 5.33. The molecule has 1 aromatic carbocycles. The van der Waals surface area contributed by atoms with Crippen LogP contribution in [0.25, 0.3) is 0 Å². The lowest BCUT2D eigenvalue weighted by Crippen LogP contribution is -2.47. The Morgan fingerprint density at radius 2 is 1.80 bits per heavy atom. The molecule has 0 unspecified atom stereocenters. The van der Waals surface area contributed by atoms with E-state index < -0.39 is 15.8 Å². The van der Waals surface area contributed by atoms with E-state index in [1.165, 1.54) is 23.4 Å². The number of aryl methyl sites for hydroxylation is 1. The number of anilines is 1. The van der Waals surface area contributed by atoms with Gasteiger partial charge < -0.3 is 5.73 Å². The lowest BCUT2D eigenvalue weighted by atomic mass is 10.0. The van der Waals surface area contributed by atoms with Gasteiger partial charge in [0.1, 0.15) is 10.7 Å². The van der Waals surface area contributed by atoms with Crippen molar-refractivity contribution in [3.05, 3.63) is 23.5 Å². The van der Waals surface area contributed by atoms with Crippen LogP contribution in [0.4, 0.5) is 10.1 Å². The SMILES string of the molecule is Cc1cc(N)cc(S(=O)(=O)N2[C@H](C)CCC[C@@H]2C)c1F. The minimum atomic E-state index is -3.86. The van der Waals surface area contributed by atoms with E-state index in [0.29, 0.717) is 0 Å². The number of nitrogens with two attached hydrogens (primary N) is 1. The second-order valence-electron chi connectivity index (χ2n) is 5.61. The van der Waals surface area contributed by atoms with Crippen molar-refractivity contribution in [2.24, 2.45) is 0 Å². The minimum absolute atomic E-state index is 0.120. The summed E-state index contributed by atoms with van der Waals surface area (Å²) < 4.78 is 41.2. The summed E-state index contributed by atoms with van der Waals surface area (Å²) in [5.74, 6) is -0.704. The highest BCUT2D eigenvalue weighted by atomic mass is 32.2. The van der Waals surface area contributed by atoms with E-state index in [0.717, 1.165) is 19.3 Å². The van der Waals surface area contributed by atoms with Crippen molar-refractivity contribution >= 4 is 15.7 Å². The highest BCUT2D eigenvalue weighted by molar-refractivity contribution is 7.89. The molecule has 6 heteroatoms. The lowest BCUT2D eigenvalue weighted by molar-refractivity contribution is 0.203. The van der Waals surface area contributed by atoms with Gasteiger partial charge in [0.25, 0.3) is 0 Å². The molecular formula is C14H21FN2O2S. The summed E-state index contributed by atoms with van der Waals surface area (Å²) in [6.07, 6.45) is 2.59. The average Bonchev–Trinajstić information content (AvgIpc) is 2.33. The zero-order valence-electron chi connectivity index (χ0n) is 12.1. The molecule has 0 saturated carbocycles. The zero-order chi connectivity index (χ0) is 15.1. The number of halogens is 1. The Balaban J connectivity index is 2.55. The molecule has 1 aliphatic heterocycles. The predicted molar refractivity (Wildman–Crippen MR) is 77.3 cm³/mol. The number of nitrogens with zero attached hydrogens (tertiary/aromatic N) is 1. The molecule has 2 atom stereocenters. The van der Waals surface area contributed by atoms with E-state index in [4.69, 9.17) is 5.73 Å². The third-order valence-corrected chi connectivity index (χ3v) is 6.04. The normalized spacial score (nSPS) is 24.8. The van der Waals surface area contributed by atoms with Gasteiger partial charge in [0.2, 0.25) is 10.0 Å². The lowest BCUT2D eigenvalue weighted by Gasteiger charge is -2.37. The Kier molecular flexibility index (Phi) is 4.07. The summed E-state index contributed by atoms with van der Waals surface area (Å²) in [6, 6.07) is 2.41. The summed E-state index contributed by atoms with van der Waals surface area (Å²) >= 11 is 0. The Morgan fingerprint density at radius 1 is 1.25 bits per heavy atom. The van der Waals surface area contributed by atoms with Crippen molar-refractivity contribution in [3.63, 3.8) is 0 Å². The van der Waals surface area contributed by atoms with Gasteiger partial charge >= 0.3 is 0 Å². The van der Waals surface area contributed by atoms with Crippen LogP contribution in [-0.2, 0) is 10.0 Å². The first kappa shape index (κ1) is 15.3. The molecule has 2 N–H and O–H groups in total. The monoisotopic (exact) mass is 300 g/mol. The number of hydrogen-bond acceptors (Lipinski definition) is 3. The first-order valence-corrected chi connectivity index (χ1v) is 8.28. The average molecular weight is 300 g/mol. The molecule has 20 heavy (non-hydrogen) atoms. The van der Waals surface area contributed by atoms with Crippen LogP contribution >= 0.6 is 0 Å². The molecular weight excluding hydrogens is 279 g/mol. The minimum Gasteiger partial charge on any atom is -0.399 e. The summed E-state index contributed by atoms with van der Waals surface area (Å²) in [7, 11) is -3.86. The number of rotatable bonds is 2. The first-order chi connectivity index (χ1) is 9.25. The zero-order valence-corrected chi connectivity index (χ0v) is 12.9. The second-order valence-corrected chi connectivity index (χ2v) is 7.43. The van der Waals surface area contributed by atoms with Crippen molar-refractivity contribution in [2.75, 3.05) is 5.73 Å². The van der Waals surface area contributed by atoms with E-state index in [9.17, 15) is 12.8 Å². The maximum atomic E-state index is 14.2. The molecule has 4 nitrogen and oxygen atoms in total. The Morgan fingerprint density at radius 3 is 2.35 bits per heavy atom. The molecule has 0 spiro atoms. The van der Waals surface area contributed by atoms with Crippen LogP contribution in [-0.4, -0.2) is 24.8 Å². The van der Waals surface area contributed by atoms with E-state index >= 15 is 0 Å². The van der Waals surface area contributed by atoms with Crippen LogP contribution in [0, 0.1) is 12.7 Å². The summed E-state index contributed by atoms with van der Waals surface area (Å²) in [4.78, 5) is -0.310. The Hall–Kier alpha value is -1.14. The van der Waals surface area contributed by atoms with Crippen LogP contribution in [0.3, 0.4) is 0 Å². The largest absolute Gasteiger partial charge is 0.399 e. The van der Waals surface area contributed by atoms with Crippen LogP contribution in [0.15, 0.2) is 17.0 Å². The van der Waals surface area contributed by atoms with Gasteiger partial charge in [0.15, 0.2) is 0 Å². The fraction of sp³-hybridized carbons (Fsp3) is 0.571. The topological polar surface area (TPSA) is 63.4 Å². The molecule has 0 aliphatic carbocycles. The highest BCUT2D eigenvalue weighted by Gasteiger charge is 2.37. The molecule has 112 valence electrons. The van der Waals surface area contributed by atoms with Gasteiger partial charge in [-0.3, -0.25) is 0 Å². The first-order valence-electron chi connectivity index (χ1n) is 6.84. The van der Waals surface area contributed by atoms with Crippen molar-refractivity contribution < 1.29 is 12.8 Å². The van der Waals surface area contributed by atoms with Gasteiger partial charge in [0.05, 0.1) is 0 Å². The van der Waals surface area contributed by atoms with Crippen LogP contribution in [0.1, 0.15) is 38.7 Å². The van der Waals surface area contributed by atoms with Crippen molar-refractivity contribution in [2.45, 2.75) is 57.0 Å². The maximum Gasteiger partial charge on any atom is 0.246 e. The van der Waals surface area contributed by atoms with Gasteiger partial charge in [-0.05, 0) is 51.3 Å². The van der Waals surface area contributed by atoms with E-state index in [1.54, 1.807) is 0 Å². The molecule has 0 radical (unpaired) electrons. The number of benzene rings is 1. The van der Waals surface area contributed by atoms with Crippen molar-refractivity contribution in [1.82, 2.24) is 4.31 Å². The number of piperidine rings is 1. The van der Waals surface area contributed by atoms with Gasteiger partial charge in [0, 0.05) is 17.8 Å². The quantitative estimate of drug-likeness (QED) is 0.854. The molecule has 1 heterocycles. The van der Waals surface area contributed by atoms with Crippen LogP contribution in [0.2, 0.25) is 0 Å². The molecule has 1 saturated heterocycles. The highest BCUT2D eigenvalue weighted by Crippen LogP contribution is 2.32. The van der Waals surface area contributed by atoms with Crippen LogP contribution in [0.5, 0.6) is 0 Å². The van der Waals surface area contributed by atoms with E-state index in [2.05, 4.69) is 0 Å². The van der Waals surface area contributed by atoms with E-state index in [-0.39, 0.29) is 28.2 Å². The standard InChI is InChI=1S/C14H21FN2O2S/c1-9-7-12(16)8-13(14(9)15)20(18,19)17-10(2)5-4-6-11(17)3/h7-8,10-11H,4-6,16H2,1-3H3/t10-,11+. The summed E-state index contributed by atoms with van der Waals surface area (Å²) in [6.45, 7) is 5.25. The van der Waals surface area contributed by atoms with Crippen molar-refractivity contribution in [3.8, 4) is 0 Å². The van der Waals surface area contributed by atoms with Crippen LogP contribution < -0.4 is 5.73 Å².